The average molecular weight is 906 g/mol. The summed E-state index contributed by atoms with van der Waals surface area (Å²) in [7, 11) is 0. The van der Waals surface area contributed by atoms with Crippen LogP contribution < -0.4 is 0 Å². The summed E-state index contributed by atoms with van der Waals surface area (Å²) in [6, 6.07) is 59.5. The molecule has 0 aliphatic heterocycles. The van der Waals surface area contributed by atoms with Crippen molar-refractivity contribution < 1.29 is 22.0 Å². The van der Waals surface area contributed by atoms with Gasteiger partial charge in [0.05, 0.1) is 50.4 Å². The van der Waals surface area contributed by atoms with Gasteiger partial charge in [0.25, 0.3) is 0 Å². The second-order valence-electron chi connectivity index (χ2n) is 16.7. The van der Waals surface area contributed by atoms with E-state index >= 15 is 17.6 Å². The summed E-state index contributed by atoms with van der Waals surface area (Å²) >= 11 is 0. The first kappa shape index (κ1) is 41.2. The minimum atomic E-state index is -2.28. The zero-order chi connectivity index (χ0) is 46.9. The number of pyridine rings is 2. The fraction of sp³-hybridized carbons (Fsp3) is 0. The lowest BCUT2D eigenvalue weighted by molar-refractivity contribution is 0.381. The van der Waals surface area contributed by atoms with Gasteiger partial charge in [0.15, 0.2) is 23.3 Å². The van der Waals surface area contributed by atoms with Crippen molar-refractivity contribution in [1.82, 2.24) is 19.1 Å². The molecule has 0 aliphatic carbocycles. The molecule has 0 bridgehead atoms. The molecule has 0 fully saturated rings. The van der Waals surface area contributed by atoms with Crippen LogP contribution in [0.4, 0.5) is 22.0 Å². The molecule has 0 spiro atoms. The maximum absolute atomic E-state index is 16.2. The molecular formula is C59H32F5N5. The number of fused-ring (bicyclic) bond motifs is 6. The van der Waals surface area contributed by atoms with E-state index in [4.69, 9.17) is 0 Å². The first-order valence-electron chi connectivity index (χ1n) is 22.0. The van der Waals surface area contributed by atoms with Crippen LogP contribution in [0.1, 0.15) is 5.56 Å². The molecule has 0 atom stereocenters. The van der Waals surface area contributed by atoms with E-state index in [-0.39, 0.29) is 16.8 Å². The first-order valence-corrected chi connectivity index (χ1v) is 22.0. The van der Waals surface area contributed by atoms with Crippen LogP contribution in [0.2, 0.25) is 0 Å². The van der Waals surface area contributed by atoms with Crippen LogP contribution in [0, 0.1) is 40.4 Å². The van der Waals surface area contributed by atoms with Crippen molar-refractivity contribution in [3.05, 3.63) is 229 Å². The zero-order valence-corrected chi connectivity index (χ0v) is 36.1. The third kappa shape index (κ3) is 6.58. The molecule has 0 aliphatic rings. The smallest absolute Gasteiger partial charge is 0.200 e. The molecule has 5 nitrogen and oxygen atoms in total. The van der Waals surface area contributed by atoms with E-state index in [9.17, 15) is 9.65 Å². The Kier molecular flexibility index (Phi) is 9.74. The van der Waals surface area contributed by atoms with E-state index < -0.39 is 34.6 Å². The number of rotatable bonds is 7. The summed E-state index contributed by atoms with van der Waals surface area (Å²) in [6.07, 6.45) is 3.51. The summed E-state index contributed by atoms with van der Waals surface area (Å²) in [5, 5.41) is 14.6. The fourth-order valence-electron chi connectivity index (χ4n) is 9.71. The Bertz CT molecular complexity index is 4070. The highest BCUT2D eigenvalue weighted by molar-refractivity contribution is 6.13. The van der Waals surface area contributed by atoms with Crippen molar-refractivity contribution in [1.29, 1.82) is 5.26 Å². The molecule has 4 aromatic heterocycles. The van der Waals surface area contributed by atoms with Gasteiger partial charge in [0, 0.05) is 50.6 Å². The molecule has 0 saturated heterocycles. The number of para-hydroxylation sites is 2. The molecular weight excluding hydrogens is 874 g/mol. The fourth-order valence-corrected chi connectivity index (χ4v) is 9.71. The van der Waals surface area contributed by atoms with Crippen molar-refractivity contribution in [2.75, 3.05) is 0 Å². The third-order valence-electron chi connectivity index (χ3n) is 12.9. The molecule has 69 heavy (non-hydrogen) atoms. The Labute approximate surface area is 390 Å². The Morgan fingerprint density at radius 3 is 1.33 bits per heavy atom. The molecule has 0 radical (unpaired) electrons. The van der Waals surface area contributed by atoms with Crippen molar-refractivity contribution in [2.24, 2.45) is 0 Å². The Balaban J connectivity index is 1.12. The summed E-state index contributed by atoms with van der Waals surface area (Å²) in [4.78, 5) is 9.22. The van der Waals surface area contributed by atoms with Crippen LogP contribution in [0.15, 0.2) is 194 Å². The van der Waals surface area contributed by atoms with Crippen molar-refractivity contribution in [3.63, 3.8) is 0 Å². The van der Waals surface area contributed by atoms with Crippen LogP contribution in [0.25, 0.3) is 111 Å². The maximum atomic E-state index is 16.2. The van der Waals surface area contributed by atoms with Gasteiger partial charge in [-0.25, -0.2) is 22.0 Å². The average Bonchev–Trinajstić information content (AvgIpc) is 3.92. The molecule has 0 amide bonds. The molecule has 12 rings (SSSR count). The number of hydrogen-bond acceptors (Lipinski definition) is 3. The van der Waals surface area contributed by atoms with E-state index in [1.54, 1.807) is 29.1 Å². The molecule has 0 unspecified atom stereocenters. The summed E-state index contributed by atoms with van der Waals surface area (Å²) in [5.41, 5.74) is 8.20. The van der Waals surface area contributed by atoms with E-state index in [0.717, 1.165) is 71.8 Å². The number of nitrogens with zero attached hydrogens (tertiary/aromatic N) is 5. The maximum Gasteiger partial charge on any atom is 0.200 e. The van der Waals surface area contributed by atoms with Crippen LogP contribution in [0.5, 0.6) is 0 Å². The summed E-state index contributed by atoms with van der Waals surface area (Å²) in [5.74, 6) is -10.5. The van der Waals surface area contributed by atoms with Crippen LogP contribution in [-0.2, 0) is 0 Å². The van der Waals surface area contributed by atoms with E-state index in [1.807, 2.05) is 156 Å². The van der Waals surface area contributed by atoms with E-state index in [0.29, 0.717) is 22.2 Å². The summed E-state index contributed by atoms with van der Waals surface area (Å²) < 4.78 is 81.3. The molecule has 10 heteroatoms. The number of halogens is 5. The lowest BCUT2D eigenvalue weighted by Gasteiger charge is -2.21. The normalized spacial score (nSPS) is 11.5. The van der Waals surface area contributed by atoms with E-state index in [2.05, 4.69) is 22.1 Å². The predicted molar refractivity (Wildman–Crippen MR) is 262 cm³/mol. The minimum Gasteiger partial charge on any atom is -0.308 e. The van der Waals surface area contributed by atoms with Crippen LogP contribution in [0.3, 0.4) is 0 Å². The lowest BCUT2D eigenvalue weighted by atomic mass is 9.96. The summed E-state index contributed by atoms with van der Waals surface area (Å²) in [6.45, 7) is 0. The second-order valence-corrected chi connectivity index (χ2v) is 16.7. The van der Waals surface area contributed by atoms with Gasteiger partial charge in [0.2, 0.25) is 5.82 Å². The van der Waals surface area contributed by atoms with E-state index in [1.165, 1.54) is 12.1 Å². The molecule has 8 aromatic carbocycles. The van der Waals surface area contributed by atoms with Crippen molar-refractivity contribution in [3.8, 4) is 73.3 Å². The highest BCUT2D eigenvalue weighted by Gasteiger charge is 2.32. The highest BCUT2D eigenvalue weighted by Crippen LogP contribution is 2.45. The standard InChI is InChI=1S/C59H32F5N5/c60-54-53(55(61)57(63)58(64)56(54)62)42-21-24-52(68-48-17-9-7-15-40(48)43-29-36(19-22-50(43)68)38-25-27-66-46(31-38)34-11-3-1-4-12-34)45(33-65)59(42)69-49-18-10-8-16-41(49)44-30-37(20-23-51(44)69)39-26-28-67-47(32-39)35-13-5-2-6-14-35/h1-32H. The molecule has 12 aromatic rings. The molecule has 328 valence electrons. The number of hydrogen-bond donors (Lipinski definition) is 0. The number of benzene rings is 8. The van der Waals surface area contributed by atoms with Gasteiger partial charge in [-0.3, -0.25) is 9.97 Å². The molecule has 0 saturated carbocycles. The van der Waals surface area contributed by atoms with Gasteiger partial charge >= 0.3 is 0 Å². The minimum absolute atomic E-state index is 0.0692. The highest BCUT2D eigenvalue weighted by atomic mass is 19.2. The SMILES string of the molecule is N#Cc1c(-n2c3ccccc3c3cc(-c4ccnc(-c5ccccc5)c4)ccc32)ccc(-c2c(F)c(F)c(F)c(F)c2F)c1-n1c2ccccc2c2cc(-c3ccnc(-c4ccccc4)c3)ccc21. The quantitative estimate of drug-likeness (QED) is 0.0909. The second kappa shape index (κ2) is 16.3. The number of aromatic nitrogens is 4. The monoisotopic (exact) mass is 905 g/mol. The van der Waals surface area contributed by atoms with Gasteiger partial charge in [-0.05, 0) is 95.1 Å². The van der Waals surface area contributed by atoms with Crippen molar-refractivity contribution in [2.45, 2.75) is 0 Å². The van der Waals surface area contributed by atoms with Crippen LogP contribution in [-0.4, -0.2) is 19.1 Å². The Hall–Kier alpha value is -9.20. The lowest BCUT2D eigenvalue weighted by Crippen LogP contribution is -2.10. The Morgan fingerprint density at radius 1 is 0.377 bits per heavy atom. The molecule has 4 heterocycles. The third-order valence-corrected chi connectivity index (χ3v) is 12.9. The topological polar surface area (TPSA) is 59.4 Å². The molecule has 0 N–H and O–H groups in total. The van der Waals surface area contributed by atoms with Gasteiger partial charge in [-0.15, -0.1) is 0 Å². The predicted octanol–water partition coefficient (Wildman–Crippen LogP) is 15.6. The first-order chi connectivity index (χ1) is 33.8. The van der Waals surface area contributed by atoms with Crippen molar-refractivity contribution >= 4 is 43.6 Å². The van der Waals surface area contributed by atoms with Crippen LogP contribution >= 0.6 is 0 Å². The zero-order valence-electron chi connectivity index (χ0n) is 36.1. The van der Waals surface area contributed by atoms with Gasteiger partial charge in [-0.1, -0.05) is 109 Å². The van der Waals surface area contributed by atoms with Gasteiger partial charge in [0.1, 0.15) is 11.6 Å². The van der Waals surface area contributed by atoms with Gasteiger partial charge in [-0.2, -0.15) is 5.26 Å². The largest absolute Gasteiger partial charge is 0.308 e. The Morgan fingerprint density at radius 2 is 0.812 bits per heavy atom. The van der Waals surface area contributed by atoms with Gasteiger partial charge < -0.3 is 9.13 Å². The number of nitriles is 1.